The molecule has 0 aliphatic carbocycles. The maximum Gasteiger partial charge on any atom is 0.257 e. The van der Waals surface area contributed by atoms with Crippen molar-refractivity contribution >= 4 is 38.9 Å². The molecule has 4 rings (SSSR count). The van der Waals surface area contributed by atoms with Gasteiger partial charge in [-0.2, -0.15) is 0 Å². The predicted octanol–water partition coefficient (Wildman–Crippen LogP) is 4.26. The first-order valence-corrected chi connectivity index (χ1v) is 9.37. The van der Waals surface area contributed by atoms with Crippen LogP contribution >= 0.6 is 27.3 Å². The zero-order chi connectivity index (χ0) is 15.8. The smallest absolute Gasteiger partial charge is 0.257 e. The molecule has 6 heteroatoms. The Morgan fingerprint density at radius 1 is 1.30 bits per heavy atom. The number of carbonyl (C=O) groups is 1. The van der Waals surface area contributed by atoms with E-state index in [2.05, 4.69) is 27.3 Å². The third kappa shape index (κ3) is 2.91. The van der Waals surface area contributed by atoms with Crippen molar-refractivity contribution in [2.75, 3.05) is 18.5 Å². The largest absolute Gasteiger partial charge is 0.376 e. The fourth-order valence-electron chi connectivity index (χ4n) is 3.19. The van der Waals surface area contributed by atoms with E-state index in [-0.39, 0.29) is 18.2 Å². The summed E-state index contributed by atoms with van der Waals surface area (Å²) >= 11 is 5.17. The van der Waals surface area contributed by atoms with E-state index in [0.717, 1.165) is 39.4 Å². The van der Waals surface area contributed by atoms with Crippen LogP contribution in [0.2, 0.25) is 0 Å². The van der Waals surface area contributed by atoms with E-state index in [9.17, 15) is 4.79 Å². The third-order valence-electron chi connectivity index (χ3n) is 4.31. The van der Waals surface area contributed by atoms with Crippen LogP contribution < -0.4 is 5.32 Å². The molecule has 2 atom stereocenters. The molecule has 2 aromatic rings. The van der Waals surface area contributed by atoms with E-state index in [1.54, 1.807) is 11.3 Å². The number of fused-ring (bicyclic) bond motifs is 1. The molecule has 1 fully saturated rings. The van der Waals surface area contributed by atoms with Gasteiger partial charge >= 0.3 is 0 Å². The van der Waals surface area contributed by atoms with Crippen molar-refractivity contribution < 1.29 is 9.53 Å². The number of amides is 1. The summed E-state index contributed by atoms with van der Waals surface area (Å²) < 4.78 is 6.82. The van der Waals surface area contributed by atoms with Crippen LogP contribution in [0.1, 0.15) is 34.2 Å². The van der Waals surface area contributed by atoms with E-state index in [4.69, 9.17) is 4.74 Å². The number of anilines is 1. The summed E-state index contributed by atoms with van der Waals surface area (Å²) in [6, 6.07) is 11.8. The highest BCUT2D eigenvalue weighted by molar-refractivity contribution is 9.11. The van der Waals surface area contributed by atoms with Gasteiger partial charge in [-0.15, -0.1) is 11.3 Å². The molecule has 0 bridgehead atoms. The Morgan fingerprint density at radius 3 is 2.91 bits per heavy atom. The molecule has 23 heavy (non-hydrogen) atoms. The van der Waals surface area contributed by atoms with E-state index in [1.165, 1.54) is 0 Å². The maximum absolute atomic E-state index is 13.0. The number of carbonyl (C=O) groups excluding carboxylic acids is 1. The molecule has 1 saturated heterocycles. The minimum atomic E-state index is -0.141. The van der Waals surface area contributed by atoms with Gasteiger partial charge < -0.3 is 15.0 Å². The molecule has 2 aliphatic rings. The van der Waals surface area contributed by atoms with E-state index in [0.29, 0.717) is 6.54 Å². The SMILES string of the molecule is O=C1c2ccccc2N[C@@H](c2ccc(Br)s2)N1C[C@@H]1CCCO1. The van der Waals surface area contributed by atoms with E-state index >= 15 is 0 Å². The number of benzene rings is 1. The van der Waals surface area contributed by atoms with Gasteiger partial charge in [0.2, 0.25) is 0 Å². The number of hydrogen-bond donors (Lipinski definition) is 1. The van der Waals surface area contributed by atoms with Crippen LogP contribution in [0.15, 0.2) is 40.2 Å². The van der Waals surface area contributed by atoms with Crippen molar-refractivity contribution in [1.82, 2.24) is 4.90 Å². The summed E-state index contributed by atoms with van der Waals surface area (Å²) in [5.74, 6) is 0.0735. The fraction of sp³-hybridized carbons (Fsp3) is 0.353. The minimum absolute atomic E-state index is 0.0735. The van der Waals surface area contributed by atoms with Crippen LogP contribution in [0, 0.1) is 0 Å². The molecule has 2 aliphatic heterocycles. The molecule has 0 saturated carbocycles. The Hall–Kier alpha value is -1.37. The second kappa shape index (κ2) is 6.26. The third-order valence-corrected chi connectivity index (χ3v) is 5.99. The van der Waals surface area contributed by atoms with Gasteiger partial charge in [-0.25, -0.2) is 0 Å². The molecule has 1 N–H and O–H groups in total. The Kier molecular flexibility index (Phi) is 4.13. The number of rotatable bonds is 3. The van der Waals surface area contributed by atoms with Crippen molar-refractivity contribution in [3.8, 4) is 0 Å². The van der Waals surface area contributed by atoms with E-state index in [1.807, 2.05) is 35.2 Å². The Balaban J connectivity index is 1.70. The lowest BCUT2D eigenvalue weighted by Gasteiger charge is -2.38. The molecule has 0 radical (unpaired) electrons. The lowest BCUT2D eigenvalue weighted by molar-refractivity contribution is 0.0430. The van der Waals surface area contributed by atoms with Crippen molar-refractivity contribution in [3.05, 3.63) is 50.6 Å². The Morgan fingerprint density at radius 2 is 2.17 bits per heavy atom. The molecule has 1 amide bonds. The first kappa shape index (κ1) is 15.2. The zero-order valence-corrected chi connectivity index (χ0v) is 14.9. The molecule has 120 valence electrons. The van der Waals surface area contributed by atoms with E-state index < -0.39 is 0 Å². The second-order valence-electron chi connectivity index (χ2n) is 5.83. The summed E-state index contributed by atoms with van der Waals surface area (Å²) in [5, 5.41) is 3.52. The number of nitrogens with one attached hydrogen (secondary N) is 1. The topological polar surface area (TPSA) is 41.6 Å². The molecule has 4 nitrogen and oxygen atoms in total. The Bertz CT molecular complexity index is 727. The van der Waals surface area contributed by atoms with Crippen LogP contribution in [0.25, 0.3) is 0 Å². The standard InChI is InChI=1S/C17H17BrN2O2S/c18-15-8-7-14(23-15)16-19-13-6-2-1-5-12(13)17(21)20(16)10-11-4-3-9-22-11/h1-2,5-8,11,16,19H,3-4,9-10H2/t11-,16+/m0/s1. The molecule has 0 spiro atoms. The van der Waals surface area contributed by atoms with Gasteiger partial charge in [0.25, 0.3) is 5.91 Å². The summed E-state index contributed by atoms with van der Waals surface area (Å²) in [5.41, 5.74) is 1.63. The van der Waals surface area contributed by atoms with Crippen molar-refractivity contribution in [2.24, 2.45) is 0 Å². The van der Waals surface area contributed by atoms with Crippen LogP contribution in [-0.4, -0.2) is 30.1 Å². The first-order valence-electron chi connectivity index (χ1n) is 7.76. The molecule has 0 unspecified atom stereocenters. The molecule has 1 aromatic heterocycles. The molecular weight excluding hydrogens is 376 g/mol. The van der Waals surface area contributed by atoms with Gasteiger partial charge in [0.15, 0.2) is 0 Å². The van der Waals surface area contributed by atoms with Crippen molar-refractivity contribution in [2.45, 2.75) is 25.1 Å². The normalized spacial score (nSPS) is 23.7. The summed E-state index contributed by atoms with van der Waals surface area (Å²) in [4.78, 5) is 16.1. The van der Waals surface area contributed by atoms with Crippen LogP contribution in [-0.2, 0) is 4.74 Å². The van der Waals surface area contributed by atoms with Gasteiger partial charge in [0.1, 0.15) is 6.17 Å². The fourth-order valence-corrected chi connectivity index (χ4v) is 4.68. The number of halogens is 1. The monoisotopic (exact) mass is 392 g/mol. The molecular formula is C17H17BrN2O2S. The summed E-state index contributed by atoms with van der Waals surface area (Å²) in [6.45, 7) is 1.42. The minimum Gasteiger partial charge on any atom is -0.376 e. The molecule has 1 aromatic carbocycles. The average Bonchev–Trinajstić information content (AvgIpc) is 3.21. The number of para-hydroxylation sites is 1. The first-order chi connectivity index (χ1) is 11.2. The quantitative estimate of drug-likeness (QED) is 0.848. The van der Waals surface area contributed by atoms with Gasteiger partial charge in [0, 0.05) is 23.7 Å². The number of hydrogen-bond acceptors (Lipinski definition) is 4. The lowest BCUT2D eigenvalue weighted by atomic mass is 10.1. The van der Waals surface area contributed by atoms with Gasteiger partial charge in [-0.05, 0) is 53.0 Å². The van der Waals surface area contributed by atoms with Gasteiger partial charge in [-0.3, -0.25) is 4.79 Å². The van der Waals surface area contributed by atoms with Crippen molar-refractivity contribution in [1.29, 1.82) is 0 Å². The lowest BCUT2D eigenvalue weighted by Crippen LogP contribution is -2.46. The van der Waals surface area contributed by atoms with Gasteiger partial charge in [0.05, 0.1) is 15.5 Å². The summed E-state index contributed by atoms with van der Waals surface area (Å²) in [7, 11) is 0. The maximum atomic E-state index is 13.0. The average molecular weight is 393 g/mol. The Labute approximate surface area is 147 Å². The van der Waals surface area contributed by atoms with Crippen LogP contribution in [0.3, 0.4) is 0 Å². The second-order valence-corrected chi connectivity index (χ2v) is 8.32. The highest BCUT2D eigenvalue weighted by Gasteiger charge is 2.35. The highest BCUT2D eigenvalue weighted by Crippen LogP contribution is 2.37. The van der Waals surface area contributed by atoms with Crippen LogP contribution in [0.5, 0.6) is 0 Å². The number of ether oxygens (including phenoxy) is 1. The molecule has 3 heterocycles. The number of nitrogens with zero attached hydrogens (tertiary/aromatic N) is 1. The zero-order valence-electron chi connectivity index (χ0n) is 12.5. The van der Waals surface area contributed by atoms with Crippen LogP contribution in [0.4, 0.5) is 5.69 Å². The van der Waals surface area contributed by atoms with Crippen molar-refractivity contribution in [3.63, 3.8) is 0 Å². The predicted molar refractivity (Wildman–Crippen MR) is 94.8 cm³/mol. The summed E-state index contributed by atoms with van der Waals surface area (Å²) in [6.07, 6.45) is 2.09. The van der Waals surface area contributed by atoms with Gasteiger partial charge in [-0.1, -0.05) is 12.1 Å². The number of thiophene rings is 1. The highest BCUT2D eigenvalue weighted by atomic mass is 79.9.